The van der Waals surface area contributed by atoms with Crippen molar-refractivity contribution in [2.75, 3.05) is 0 Å². The number of ether oxygens (including phenoxy) is 1. The number of aromatic nitrogens is 3. The Labute approximate surface area is 107 Å². The van der Waals surface area contributed by atoms with Crippen molar-refractivity contribution in [2.24, 2.45) is 5.73 Å². The third-order valence-electron chi connectivity index (χ3n) is 2.77. The van der Waals surface area contributed by atoms with Crippen molar-refractivity contribution in [1.29, 1.82) is 0 Å². The zero-order chi connectivity index (χ0) is 13.0. The molecule has 0 bridgehead atoms. The van der Waals surface area contributed by atoms with Crippen molar-refractivity contribution in [3.8, 4) is 5.75 Å². The van der Waals surface area contributed by atoms with Crippen LogP contribution in [0.1, 0.15) is 31.3 Å². The molecule has 1 atom stereocenters. The molecule has 96 valence electrons. The Morgan fingerprint density at radius 1 is 1.33 bits per heavy atom. The summed E-state index contributed by atoms with van der Waals surface area (Å²) >= 11 is 0. The molecule has 0 fully saturated rings. The van der Waals surface area contributed by atoms with E-state index in [1.165, 1.54) is 0 Å². The smallest absolute Gasteiger partial charge is 0.164 e. The average molecular weight is 246 g/mol. The van der Waals surface area contributed by atoms with Gasteiger partial charge in [0.25, 0.3) is 0 Å². The molecule has 1 aromatic heterocycles. The van der Waals surface area contributed by atoms with Crippen molar-refractivity contribution < 1.29 is 4.74 Å². The van der Waals surface area contributed by atoms with Gasteiger partial charge in [-0.1, -0.05) is 12.1 Å². The van der Waals surface area contributed by atoms with Gasteiger partial charge in [-0.05, 0) is 31.5 Å². The lowest BCUT2D eigenvalue weighted by molar-refractivity contribution is 0.287. The van der Waals surface area contributed by atoms with Gasteiger partial charge in [-0.25, -0.2) is 9.67 Å². The molecule has 0 unspecified atom stereocenters. The first-order chi connectivity index (χ1) is 8.70. The van der Waals surface area contributed by atoms with E-state index in [0.717, 1.165) is 23.7 Å². The van der Waals surface area contributed by atoms with Crippen LogP contribution < -0.4 is 10.5 Å². The minimum Gasteiger partial charge on any atom is -0.486 e. The molecule has 1 aromatic carbocycles. The highest BCUT2D eigenvalue weighted by atomic mass is 16.5. The summed E-state index contributed by atoms with van der Waals surface area (Å²) in [6.45, 7) is 5.20. The van der Waals surface area contributed by atoms with Crippen LogP contribution in [0, 0.1) is 0 Å². The second-order valence-corrected chi connectivity index (χ2v) is 4.14. The predicted octanol–water partition coefficient (Wildman–Crippen LogP) is 1.90. The molecule has 2 aromatic rings. The third kappa shape index (κ3) is 2.87. The standard InChI is InChI=1S/C13H18N4O/c1-3-17-13(15-9-16-17)8-18-12-6-4-11(5-7-12)10(2)14/h4-7,9-10H,3,8,14H2,1-2H3/t10-/m1/s1. The Morgan fingerprint density at radius 3 is 2.67 bits per heavy atom. The van der Waals surface area contributed by atoms with E-state index in [9.17, 15) is 0 Å². The zero-order valence-corrected chi connectivity index (χ0v) is 10.7. The predicted molar refractivity (Wildman–Crippen MR) is 69.1 cm³/mol. The maximum absolute atomic E-state index is 5.79. The van der Waals surface area contributed by atoms with Crippen LogP contribution in [0.15, 0.2) is 30.6 Å². The molecular formula is C13H18N4O. The molecule has 5 heteroatoms. The van der Waals surface area contributed by atoms with Crippen LogP contribution in [-0.2, 0) is 13.2 Å². The molecule has 1 heterocycles. The van der Waals surface area contributed by atoms with Gasteiger partial charge in [0.2, 0.25) is 0 Å². The third-order valence-corrected chi connectivity index (χ3v) is 2.77. The molecule has 0 spiro atoms. The Hall–Kier alpha value is -1.88. The lowest BCUT2D eigenvalue weighted by Gasteiger charge is -2.09. The van der Waals surface area contributed by atoms with Crippen LogP contribution in [0.4, 0.5) is 0 Å². The summed E-state index contributed by atoms with van der Waals surface area (Å²) < 4.78 is 7.48. The van der Waals surface area contributed by atoms with Crippen LogP contribution in [0.2, 0.25) is 0 Å². The normalized spacial score (nSPS) is 12.4. The first-order valence-electron chi connectivity index (χ1n) is 6.05. The summed E-state index contributed by atoms with van der Waals surface area (Å²) in [6, 6.07) is 7.84. The minimum absolute atomic E-state index is 0.0437. The van der Waals surface area contributed by atoms with Gasteiger partial charge in [0.1, 0.15) is 18.7 Å². The van der Waals surface area contributed by atoms with E-state index >= 15 is 0 Å². The zero-order valence-electron chi connectivity index (χ0n) is 10.7. The van der Waals surface area contributed by atoms with Crippen molar-refractivity contribution >= 4 is 0 Å². The maximum Gasteiger partial charge on any atom is 0.164 e. The molecule has 0 amide bonds. The number of nitrogens with two attached hydrogens (primary N) is 1. The van der Waals surface area contributed by atoms with E-state index in [0.29, 0.717) is 6.61 Å². The number of nitrogens with zero attached hydrogens (tertiary/aromatic N) is 3. The topological polar surface area (TPSA) is 66.0 Å². The molecule has 18 heavy (non-hydrogen) atoms. The molecule has 0 aliphatic heterocycles. The lowest BCUT2D eigenvalue weighted by atomic mass is 10.1. The number of rotatable bonds is 5. The fourth-order valence-corrected chi connectivity index (χ4v) is 1.68. The molecule has 5 nitrogen and oxygen atoms in total. The van der Waals surface area contributed by atoms with Gasteiger partial charge in [-0.3, -0.25) is 0 Å². The fourth-order valence-electron chi connectivity index (χ4n) is 1.68. The molecule has 0 saturated heterocycles. The van der Waals surface area contributed by atoms with Crippen molar-refractivity contribution in [3.05, 3.63) is 42.0 Å². The van der Waals surface area contributed by atoms with Gasteiger partial charge in [0.15, 0.2) is 5.82 Å². The lowest BCUT2D eigenvalue weighted by Crippen LogP contribution is -2.07. The van der Waals surface area contributed by atoms with E-state index < -0.39 is 0 Å². The van der Waals surface area contributed by atoms with Gasteiger partial charge in [-0.2, -0.15) is 5.10 Å². The second kappa shape index (κ2) is 5.64. The SMILES string of the molecule is CCn1ncnc1COc1ccc([C@@H](C)N)cc1. The Kier molecular flexibility index (Phi) is 3.94. The minimum atomic E-state index is 0.0437. The molecule has 0 aliphatic carbocycles. The summed E-state index contributed by atoms with van der Waals surface area (Å²) in [5.41, 5.74) is 6.89. The van der Waals surface area contributed by atoms with Gasteiger partial charge in [0.05, 0.1) is 0 Å². The number of benzene rings is 1. The van der Waals surface area contributed by atoms with E-state index in [1.54, 1.807) is 6.33 Å². The summed E-state index contributed by atoms with van der Waals surface area (Å²) in [5.74, 6) is 1.64. The Morgan fingerprint density at radius 2 is 2.06 bits per heavy atom. The van der Waals surface area contributed by atoms with Gasteiger partial charge in [0, 0.05) is 12.6 Å². The highest BCUT2D eigenvalue weighted by molar-refractivity contribution is 5.28. The second-order valence-electron chi connectivity index (χ2n) is 4.14. The van der Waals surface area contributed by atoms with Crippen molar-refractivity contribution in [2.45, 2.75) is 33.0 Å². The van der Waals surface area contributed by atoms with Crippen LogP contribution in [0.25, 0.3) is 0 Å². The number of hydrogen-bond donors (Lipinski definition) is 1. The molecule has 0 aliphatic rings. The summed E-state index contributed by atoms with van der Waals surface area (Å²) in [4.78, 5) is 4.15. The summed E-state index contributed by atoms with van der Waals surface area (Å²) in [6.07, 6.45) is 1.54. The summed E-state index contributed by atoms with van der Waals surface area (Å²) in [7, 11) is 0. The first kappa shape index (κ1) is 12.6. The van der Waals surface area contributed by atoms with Crippen LogP contribution in [-0.4, -0.2) is 14.8 Å². The van der Waals surface area contributed by atoms with Crippen LogP contribution >= 0.6 is 0 Å². The quantitative estimate of drug-likeness (QED) is 0.875. The average Bonchev–Trinajstić information content (AvgIpc) is 2.84. The molecule has 0 radical (unpaired) electrons. The van der Waals surface area contributed by atoms with E-state index in [-0.39, 0.29) is 6.04 Å². The number of aryl methyl sites for hydroxylation is 1. The molecule has 2 rings (SSSR count). The maximum atomic E-state index is 5.79. The molecule has 0 saturated carbocycles. The Balaban J connectivity index is 1.98. The fraction of sp³-hybridized carbons (Fsp3) is 0.385. The van der Waals surface area contributed by atoms with E-state index in [4.69, 9.17) is 10.5 Å². The van der Waals surface area contributed by atoms with Gasteiger partial charge >= 0.3 is 0 Å². The van der Waals surface area contributed by atoms with Crippen molar-refractivity contribution in [3.63, 3.8) is 0 Å². The monoisotopic (exact) mass is 246 g/mol. The van der Waals surface area contributed by atoms with Gasteiger partial charge in [-0.15, -0.1) is 0 Å². The molecular weight excluding hydrogens is 228 g/mol. The highest BCUT2D eigenvalue weighted by Gasteiger charge is 2.04. The first-order valence-corrected chi connectivity index (χ1v) is 6.05. The van der Waals surface area contributed by atoms with E-state index in [2.05, 4.69) is 10.1 Å². The Bertz CT molecular complexity index is 490. The summed E-state index contributed by atoms with van der Waals surface area (Å²) in [5, 5.41) is 4.09. The van der Waals surface area contributed by atoms with Crippen molar-refractivity contribution in [1.82, 2.24) is 14.8 Å². The van der Waals surface area contributed by atoms with Gasteiger partial charge < -0.3 is 10.5 Å². The highest BCUT2D eigenvalue weighted by Crippen LogP contribution is 2.16. The molecule has 2 N–H and O–H groups in total. The van der Waals surface area contributed by atoms with Crippen LogP contribution in [0.5, 0.6) is 5.75 Å². The largest absolute Gasteiger partial charge is 0.486 e. The van der Waals surface area contributed by atoms with Crippen LogP contribution in [0.3, 0.4) is 0 Å². The number of hydrogen-bond acceptors (Lipinski definition) is 4. The van der Waals surface area contributed by atoms with E-state index in [1.807, 2.05) is 42.8 Å².